The molecule has 0 bridgehead atoms. The molecule has 0 radical (unpaired) electrons. The van der Waals surface area contributed by atoms with Gasteiger partial charge < -0.3 is 5.32 Å². The van der Waals surface area contributed by atoms with Gasteiger partial charge in [-0.15, -0.1) is 0 Å². The van der Waals surface area contributed by atoms with Gasteiger partial charge in [0, 0.05) is 17.8 Å². The summed E-state index contributed by atoms with van der Waals surface area (Å²) in [5.41, 5.74) is 2.08. The van der Waals surface area contributed by atoms with Gasteiger partial charge in [-0.1, -0.05) is 0 Å². The van der Waals surface area contributed by atoms with Gasteiger partial charge in [-0.25, -0.2) is 4.39 Å². The molecule has 0 unspecified atom stereocenters. The van der Waals surface area contributed by atoms with E-state index in [1.165, 1.54) is 18.2 Å². The lowest BCUT2D eigenvalue weighted by Gasteiger charge is -2.10. The highest BCUT2D eigenvalue weighted by molar-refractivity contribution is 7.92. The molecule has 0 aliphatic rings. The van der Waals surface area contributed by atoms with Crippen molar-refractivity contribution in [1.29, 1.82) is 0 Å². The third-order valence-corrected chi connectivity index (χ3v) is 4.41. The highest BCUT2D eigenvalue weighted by atomic mass is 32.2. The van der Waals surface area contributed by atoms with Crippen molar-refractivity contribution >= 4 is 15.7 Å². The average Bonchev–Trinajstić information content (AvgIpc) is 2.76. The smallest absolute Gasteiger partial charge is 0.281 e. The molecule has 1 aromatic carbocycles. The number of rotatable bonds is 5. The van der Waals surface area contributed by atoms with E-state index in [-0.39, 0.29) is 5.03 Å². The molecule has 0 saturated carbocycles. The maximum atomic E-state index is 13.1. The summed E-state index contributed by atoms with van der Waals surface area (Å²) in [5.74, 6) is -0.415. The molecule has 3 N–H and O–H groups in total. The summed E-state index contributed by atoms with van der Waals surface area (Å²) in [6.45, 7) is 3.76. The van der Waals surface area contributed by atoms with Crippen LogP contribution in [0.4, 0.5) is 10.1 Å². The predicted octanol–water partition coefficient (Wildman–Crippen LogP) is 1.69. The van der Waals surface area contributed by atoms with E-state index in [4.69, 9.17) is 0 Å². The molecule has 0 amide bonds. The van der Waals surface area contributed by atoms with Crippen molar-refractivity contribution in [3.8, 4) is 0 Å². The summed E-state index contributed by atoms with van der Waals surface area (Å²) in [5, 5.41) is 9.38. The van der Waals surface area contributed by atoms with Crippen LogP contribution in [-0.4, -0.2) is 25.7 Å². The number of hydrogen-bond donors (Lipinski definition) is 3. The SMILES string of the molecule is CNCc1c(S(=O)(=O)Nc2ccc(F)cc2C)n[nH]c1C. The minimum absolute atomic E-state index is 0.0573. The summed E-state index contributed by atoms with van der Waals surface area (Å²) < 4.78 is 40.4. The van der Waals surface area contributed by atoms with Crippen molar-refractivity contribution in [3.63, 3.8) is 0 Å². The first-order chi connectivity index (χ1) is 9.85. The van der Waals surface area contributed by atoms with Crippen molar-refractivity contribution in [3.05, 3.63) is 40.8 Å². The van der Waals surface area contributed by atoms with Crippen molar-refractivity contribution in [1.82, 2.24) is 15.5 Å². The van der Waals surface area contributed by atoms with Gasteiger partial charge in [-0.2, -0.15) is 13.5 Å². The quantitative estimate of drug-likeness (QED) is 0.784. The number of aromatic nitrogens is 2. The summed E-state index contributed by atoms with van der Waals surface area (Å²) in [6, 6.07) is 3.86. The number of anilines is 1. The zero-order chi connectivity index (χ0) is 15.6. The number of aryl methyl sites for hydroxylation is 2. The fourth-order valence-electron chi connectivity index (χ4n) is 1.97. The summed E-state index contributed by atoms with van der Waals surface area (Å²) in [6.07, 6.45) is 0. The van der Waals surface area contributed by atoms with Gasteiger partial charge in [-0.3, -0.25) is 9.82 Å². The Kier molecular flexibility index (Phi) is 4.29. The van der Waals surface area contributed by atoms with Crippen molar-refractivity contribution < 1.29 is 12.8 Å². The number of hydrogen-bond acceptors (Lipinski definition) is 4. The molecular weight excluding hydrogens is 295 g/mol. The van der Waals surface area contributed by atoms with E-state index in [0.29, 0.717) is 29.1 Å². The van der Waals surface area contributed by atoms with E-state index in [0.717, 1.165) is 0 Å². The standard InChI is InChI=1S/C13H17FN4O2S/c1-8-6-10(14)4-5-12(8)18-21(19,20)13-11(7-15-3)9(2)16-17-13/h4-6,15,18H,7H2,1-3H3,(H,16,17). The van der Waals surface area contributed by atoms with Crippen LogP contribution in [0.1, 0.15) is 16.8 Å². The maximum Gasteiger partial charge on any atom is 0.281 e. The van der Waals surface area contributed by atoms with E-state index >= 15 is 0 Å². The molecular formula is C13H17FN4O2S. The third-order valence-electron chi connectivity index (χ3n) is 3.08. The Morgan fingerprint density at radius 1 is 1.33 bits per heavy atom. The zero-order valence-electron chi connectivity index (χ0n) is 12.0. The molecule has 0 aliphatic carbocycles. The Balaban J connectivity index is 2.39. The van der Waals surface area contributed by atoms with Crippen LogP contribution in [-0.2, 0) is 16.6 Å². The molecule has 0 saturated heterocycles. The molecule has 8 heteroatoms. The maximum absolute atomic E-state index is 13.1. The lowest BCUT2D eigenvalue weighted by atomic mass is 10.2. The normalized spacial score (nSPS) is 11.6. The van der Waals surface area contributed by atoms with Crippen LogP contribution in [0.15, 0.2) is 23.2 Å². The predicted molar refractivity (Wildman–Crippen MR) is 78.0 cm³/mol. The second-order valence-corrected chi connectivity index (χ2v) is 6.33. The molecule has 0 atom stereocenters. The molecule has 2 aromatic rings. The Hall–Kier alpha value is -1.93. The largest absolute Gasteiger partial charge is 0.316 e. The molecule has 0 spiro atoms. The van der Waals surface area contributed by atoms with Crippen molar-refractivity contribution in [2.45, 2.75) is 25.4 Å². The highest BCUT2D eigenvalue weighted by Gasteiger charge is 2.24. The van der Waals surface area contributed by atoms with E-state index in [1.807, 2.05) is 0 Å². The van der Waals surface area contributed by atoms with Crippen LogP contribution in [0.25, 0.3) is 0 Å². The average molecular weight is 312 g/mol. The summed E-state index contributed by atoms with van der Waals surface area (Å²) >= 11 is 0. The van der Waals surface area contributed by atoms with Gasteiger partial charge in [0.05, 0.1) is 5.69 Å². The van der Waals surface area contributed by atoms with Crippen LogP contribution in [0.5, 0.6) is 0 Å². The van der Waals surface area contributed by atoms with Gasteiger partial charge in [0.2, 0.25) is 5.03 Å². The van der Waals surface area contributed by atoms with Crippen LogP contribution >= 0.6 is 0 Å². The fourth-order valence-corrected chi connectivity index (χ4v) is 3.30. The lowest BCUT2D eigenvalue weighted by molar-refractivity contribution is 0.594. The number of halogens is 1. The Morgan fingerprint density at radius 3 is 2.67 bits per heavy atom. The number of nitrogens with one attached hydrogen (secondary N) is 3. The topological polar surface area (TPSA) is 86.9 Å². The summed E-state index contributed by atoms with van der Waals surface area (Å²) in [7, 11) is -2.11. The molecule has 1 aromatic heterocycles. The number of aromatic amines is 1. The van der Waals surface area contributed by atoms with Gasteiger partial charge in [0.25, 0.3) is 10.0 Å². The lowest BCUT2D eigenvalue weighted by Crippen LogP contribution is -2.18. The Bertz CT molecular complexity index is 756. The van der Waals surface area contributed by atoms with E-state index in [9.17, 15) is 12.8 Å². The van der Waals surface area contributed by atoms with Crippen LogP contribution in [0.3, 0.4) is 0 Å². The second-order valence-electron chi connectivity index (χ2n) is 4.73. The minimum Gasteiger partial charge on any atom is -0.316 e. The second kappa shape index (κ2) is 5.82. The van der Waals surface area contributed by atoms with Gasteiger partial charge in [-0.05, 0) is 44.7 Å². The minimum atomic E-state index is -3.84. The molecule has 1 heterocycles. The molecule has 2 rings (SSSR count). The highest BCUT2D eigenvalue weighted by Crippen LogP contribution is 2.22. The third kappa shape index (κ3) is 3.22. The molecule has 6 nitrogen and oxygen atoms in total. The van der Waals surface area contributed by atoms with E-state index in [2.05, 4.69) is 20.2 Å². The first kappa shape index (κ1) is 15.5. The monoisotopic (exact) mass is 312 g/mol. The van der Waals surface area contributed by atoms with Gasteiger partial charge >= 0.3 is 0 Å². The number of benzene rings is 1. The molecule has 21 heavy (non-hydrogen) atoms. The van der Waals surface area contributed by atoms with Crippen molar-refractivity contribution in [2.24, 2.45) is 0 Å². The molecule has 0 fully saturated rings. The first-order valence-corrected chi connectivity index (χ1v) is 7.81. The van der Waals surface area contributed by atoms with E-state index < -0.39 is 15.8 Å². The van der Waals surface area contributed by atoms with Crippen LogP contribution < -0.4 is 10.0 Å². The van der Waals surface area contributed by atoms with Gasteiger partial charge in [0.1, 0.15) is 5.82 Å². The molecule has 0 aliphatic heterocycles. The zero-order valence-corrected chi connectivity index (χ0v) is 12.8. The Morgan fingerprint density at radius 2 is 2.05 bits per heavy atom. The van der Waals surface area contributed by atoms with Crippen molar-refractivity contribution in [2.75, 3.05) is 11.8 Å². The fraction of sp³-hybridized carbons (Fsp3) is 0.308. The van der Waals surface area contributed by atoms with Crippen LogP contribution in [0, 0.1) is 19.7 Å². The number of nitrogens with zero attached hydrogens (tertiary/aromatic N) is 1. The Labute approximate surface area is 122 Å². The van der Waals surface area contributed by atoms with E-state index in [1.54, 1.807) is 20.9 Å². The molecule has 114 valence electrons. The number of sulfonamides is 1. The van der Waals surface area contributed by atoms with Gasteiger partial charge in [0.15, 0.2) is 0 Å². The first-order valence-electron chi connectivity index (χ1n) is 6.32. The van der Waals surface area contributed by atoms with Crippen LogP contribution in [0.2, 0.25) is 0 Å². The number of H-pyrrole nitrogens is 1. The summed E-state index contributed by atoms with van der Waals surface area (Å²) in [4.78, 5) is 0.